The SMILES string of the molecule is CS(=O)(=O)CCSCCNCC1CC1. The minimum Gasteiger partial charge on any atom is -0.316 e. The summed E-state index contributed by atoms with van der Waals surface area (Å²) in [6.45, 7) is 2.15. The molecule has 0 heterocycles. The second-order valence-corrected chi connectivity index (χ2v) is 7.37. The third-order valence-corrected chi connectivity index (χ3v) is 4.34. The van der Waals surface area contributed by atoms with Crippen molar-refractivity contribution in [2.45, 2.75) is 12.8 Å². The van der Waals surface area contributed by atoms with Crippen molar-refractivity contribution >= 4 is 21.6 Å². The van der Waals surface area contributed by atoms with E-state index in [1.165, 1.54) is 19.1 Å². The van der Waals surface area contributed by atoms with Gasteiger partial charge in [-0.05, 0) is 25.3 Å². The summed E-state index contributed by atoms with van der Waals surface area (Å²) < 4.78 is 21.6. The summed E-state index contributed by atoms with van der Waals surface area (Å²) in [7, 11) is -2.76. The Labute approximate surface area is 91.0 Å². The maximum atomic E-state index is 10.8. The third kappa shape index (κ3) is 7.64. The molecule has 0 unspecified atom stereocenters. The van der Waals surface area contributed by atoms with Crippen LogP contribution < -0.4 is 5.32 Å². The molecule has 1 fully saturated rings. The zero-order valence-corrected chi connectivity index (χ0v) is 10.3. The van der Waals surface area contributed by atoms with Crippen molar-refractivity contribution < 1.29 is 8.42 Å². The molecule has 0 bridgehead atoms. The summed E-state index contributed by atoms with van der Waals surface area (Å²) in [5, 5.41) is 3.37. The van der Waals surface area contributed by atoms with Gasteiger partial charge < -0.3 is 5.32 Å². The number of hydrogen-bond acceptors (Lipinski definition) is 4. The largest absolute Gasteiger partial charge is 0.316 e. The van der Waals surface area contributed by atoms with Gasteiger partial charge in [-0.3, -0.25) is 0 Å². The van der Waals surface area contributed by atoms with Crippen molar-refractivity contribution in [2.75, 3.05) is 36.6 Å². The third-order valence-electron chi connectivity index (χ3n) is 2.15. The van der Waals surface area contributed by atoms with E-state index in [-0.39, 0.29) is 0 Å². The van der Waals surface area contributed by atoms with E-state index in [1.807, 2.05) is 0 Å². The van der Waals surface area contributed by atoms with Gasteiger partial charge in [0, 0.05) is 24.3 Å². The van der Waals surface area contributed by atoms with Gasteiger partial charge in [-0.25, -0.2) is 8.42 Å². The minimum atomic E-state index is -2.76. The molecule has 1 aliphatic carbocycles. The molecule has 0 aromatic rings. The van der Waals surface area contributed by atoms with E-state index in [0.29, 0.717) is 5.75 Å². The lowest BCUT2D eigenvalue weighted by molar-refractivity contribution is 0.603. The highest BCUT2D eigenvalue weighted by Gasteiger charge is 2.19. The van der Waals surface area contributed by atoms with Gasteiger partial charge in [-0.15, -0.1) is 0 Å². The van der Waals surface area contributed by atoms with Crippen LogP contribution in [0.25, 0.3) is 0 Å². The van der Waals surface area contributed by atoms with Crippen molar-refractivity contribution in [1.82, 2.24) is 5.32 Å². The molecule has 0 aromatic heterocycles. The van der Waals surface area contributed by atoms with Gasteiger partial charge in [0.1, 0.15) is 9.84 Å². The van der Waals surface area contributed by atoms with Crippen LogP contribution in [-0.2, 0) is 9.84 Å². The van der Waals surface area contributed by atoms with Gasteiger partial charge in [0.2, 0.25) is 0 Å². The highest BCUT2D eigenvalue weighted by Crippen LogP contribution is 2.27. The summed E-state index contributed by atoms with van der Waals surface area (Å²) in [6, 6.07) is 0. The normalized spacial score (nSPS) is 17.2. The zero-order valence-electron chi connectivity index (χ0n) is 8.66. The van der Waals surface area contributed by atoms with Crippen LogP contribution >= 0.6 is 11.8 Å². The summed E-state index contributed by atoms with van der Waals surface area (Å²) >= 11 is 1.71. The zero-order chi connectivity index (χ0) is 10.4. The van der Waals surface area contributed by atoms with Crippen molar-refractivity contribution in [3.05, 3.63) is 0 Å². The molecule has 1 aliphatic rings. The van der Waals surface area contributed by atoms with E-state index in [9.17, 15) is 8.42 Å². The average molecular weight is 237 g/mol. The van der Waals surface area contributed by atoms with Gasteiger partial charge in [0.25, 0.3) is 0 Å². The molecule has 14 heavy (non-hydrogen) atoms. The lowest BCUT2D eigenvalue weighted by Gasteiger charge is -2.02. The molecule has 0 amide bonds. The smallest absolute Gasteiger partial charge is 0.148 e. The van der Waals surface area contributed by atoms with Crippen LogP contribution in [-0.4, -0.2) is 45.0 Å². The highest BCUT2D eigenvalue weighted by molar-refractivity contribution is 8.00. The Morgan fingerprint density at radius 1 is 1.36 bits per heavy atom. The number of hydrogen-bond donors (Lipinski definition) is 1. The molecule has 0 aromatic carbocycles. The minimum absolute atomic E-state index is 0.306. The van der Waals surface area contributed by atoms with E-state index in [0.717, 1.165) is 30.5 Å². The lowest BCUT2D eigenvalue weighted by Crippen LogP contribution is -2.20. The maximum absolute atomic E-state index is 10.8. The van der Waals surface area contributed by atoms with Gasteiger partial charge in [0.05, 0.1) is 5.75 Å². The molecule has 0 aliphatic heterocycles. The number of rotatable bonds is 8. The Hall–Kier alpha value is 0.260. The topological polar surface area (TPSA) is 46.2 Å². The number of thioether (sulfide) groups is 1. The first-order chi connectivity index (χ1) is 6.58. The molecular weight excluding hydrogens is 218 g/mol. The number of nitrogens with one attached hydrogen (secondary N) is 1. The Balaban J connectivity index is 1.79. The van der Waals surface area contributed by atoms with Crippen LogP contribution in [0.2, 0.25) is 0 Å². The molecule has 0 spiro atoms. The van der Waals surface area contributed by atoms with Crippen molar-refractivity contribution in [1.29, 1.82) is 0 Å². The van der Waals surface area contributed by atoms with Crippen LogP contribution in [0, 0.1) is 5.92 Å². The summed E-state index contributed by atoms with van der Waals surface area (Å²) in [4.78, 5) is 0. The Morgan fingerprint density at radius 2 is 2.07 bits per heavy atom. The first-order valence-electron chi connectivity index (χ1n) is 5.04. The van der Waals surface area contributed by atoms with Crippen molar-refractivity contribution in [2.24, 2.45) is 5.92 Å². The summed E-state index contributed by atoms with van der Waals surface area (Å²) in [5.74, 6) is 2.97. The molecule has 5 heteroatoms. The first kappa shape index (κ1) is 12.3. The highest BCUT2D eigenvalue weighted by atomic mass is 32.2. The van der Waals surface area contributed by atoms with E-state index in [4.69, 9.17) is 0 Å². The van der Waals surface area contributed by atoms with Crippen LogP contribution in [0.4, 0.5) is 0 Å². The lowest BCUT2D eigenvalue weighted by atomic mass is 10.4. The summed E-state index contributed by atoms with van der Waals surface area (Å²) in [5.41, 5.74) is 0. The Kier molecular flexibility index (Phi) is 5.26. The van der Waals surface area contributed by atoms with E-state index in [1.54, 1.807) is 11.8 Å². The second-order valence-electron chi connectivity index (χ2n) is 3.89. The van der Waals surface area contributed by atoms with Crippen LogP contribution in [0.3, 0.4) is 0 Å². The Bertz CT molecular complexity index is 248. The van der Waals surface area contributed by atoms with E-state index < -0.39 is 9.84 Å². The molecule has 0 saturated heterocycles. The van der Waals surface area contributed by atoms with Crippen molar-refractivity contribution in [3.63, 3.8) is 0 Å². The van der Waals surface area contributed by atoms with Gasteiger partial charge in [0.15, 0.2) is 0 Å². The fourth-order valence-corrected chi connectivity index (χ4v) is 3.26. The predicted octanol–water partition coefficient (Wildman–Crippen LogP) is 0.764. The second kappa shape index (κ2) is 5.98. The van der Waals surface area contributed by atoms with Gasteiger partial charge >= 0.3 is 0 Å². The van der Waals surface area contributed by atoms with Crippen LogP contribution in [0.15, 0.2) is 0 Å². The van der Waals surface area contributed by atoms with Gasteiger partial charge in [-0.1, -0.05) is 0 Å². The van der Waals surface area contributed by atoms with Crippen molar-refractivity contribution in [3.8, 4) is 0 Å². The van der Waals surface area contributed by atoms with E-state index >= 15 is 0 Å². The average Bonchev–Trinajstić information content (AvgIpc) is 2.84. The quantitative estimate of drug-likeness (QED) is 0.633. The molecule has 84 valence electrons. The molecule has 0 radical (unpaired) electrons. The standard InChI is InChI=1S/C9H19NO2S2/c1-14(11,12)7-6-13-5-4-10-8-9-2-3-9/h9-10H,2-8H2,1H3. The molecule has 1 saturated carbocycles. The summed E-state index contributed by atoms with van der Waals surface area (Å²) in [6.07, 6.45) is 4.06. The van der Waals surface area contributed by atoms with Crippen LogP contribution in [0.1, 0.15) is 12.8 Å². The fraction of sp³-hybridized carbons (Fsp3) is 1.00. The molecule has 3 nitrogen and oxygen atoms in total. The molecule has 1 rings (SSSR count). The van der Waals surface area contributed by atoms with Crippen LogP contribution in [0.5, 0.6) is 0 Å². The van der Waals surface area contributed by atoms with Gasteiger partial charge in [-0.2, -0.15) is 11.8 Å². The number of sulfone groups is 1. The Morgan fingerprint density at radius 3 is 2.64 bits per heavy atom. The monoisotopic (exact) mass is 237 g/mol. The maximum Gasteiger partial charge on any atom is 0.148 e. The fourth-order valence-electron chi connectivity index (χ4n) is 1.08. The molecule has 1 N–H and O–H groups in total. The predicted molar refractivity (Wildman–Crippen MR) is 62.6 cm³/mol. The molecular formula is C9H19NO2S2. The first-order valence-corrected chi connectivity index (χ1v) is 8.25. The molecule has 0 atom stereocenters. The van der Waals surface area contributed by atoms with E-state index in [2.05, 4.69) is 5.32 Å².